The number of ether oxygens (including phenoxy) is 2. The van der Waals surface area contributed by atoms with Crippen LogP contribution in [0.2, 0.25) is 0 Å². The molecule has 0 saturated carbocycles. The van der Waals surface area contributed by atoms with E-state index < -0.39 is 0 Å². The number of hydrogen-bond donors (Lipinski definition) is 0. The van der Waals surface area contributed by atoms with Crippen LogP contribution < -0.4 is 15.2 Å². The standard InChI is InChI=1S/C22H22N6O4/c1-14-11-15(20-17(12-29)21(31-4)26(2)23-20)9-10-19(14)32-13-16-7-5-6-8-18(16)28-22(30)27(3)24-25-28/h5-12H,13H2,1-4H3. The topological polar surface area (TPSA) is 106 Å². The minimum Gasteiger partial charge on any atom is -0.489 e. The number of aromatic nitrogens is 6. The van der Waals surface area contributed by atoms with Crippen molar-refractivity contribution in [2.75, 3.05) is 7.11 Å². The summed E-state index contributed by atoms with van der Waals surface area (Å²) < 4.78 is 15.3. The molecule has 0 aliphatic heterocycles. The minimum atomic E-state index is -0.338. The third-order valence-electron chi connectivity index (χ3n) is 5.11. The van der Waals surface area contributed by atoms with Crippen molar-refractivity contribution in [1.29, 1.82) is 0 Å². The monoisotopic (exact) mass is 434 g/mol. The maximum atomic E-state index is 12.2. The number of carbonyl (C=O) groups excluding carboxylic acids is 1. The Morgan fingerprint density at radius 1 is 1.06 bits per heavy atom. The fourth-order valence-corrected chi connectivity index (χ4v) is 3.50. The molecule has 0 bridgehead atoms. The first-order chi connectivity index (χ1) is 15.4. The number of carbonyl (C=O) groups is 1. The van der Waals surface area contributed by atoms with Gasteiger partial charge in [-0.05, 0) is 47.2 Å². The smallest absolute Gasteiger partial charge is 0.368 e. The van der Waals surface area contributed by atoms with Crippen LogP contribution in [0.5, 0.6) is 11.6 Å². The van der Waals surface area contributed by atoms with Crippen LogP contribution >= 0.6 is 0 Å². The average molecular weight is 434 g/mol. The number of hydrogen-bond acceptors (Lipinski definition) is 7. The summed E-state index contributed by atoms with van der Waals surface area (Å²) in [6, 6.07) is 12.9. The average Bonchev–Trinajstić information content (AvgIpc) is 3.31. The van der Waals surface area contributed by atoms with E-state index in [0.717, 1.165) is 23.0 Å². The number of rotatable bonds is 7. The van der Waals surface area contributed by atoms with Crippen molar-refractivity contribution in [1.82, 2.24) is 29.6 Å². The van der Waals surface area contributed by atoms with Gasteiger partial charge in [-0.2, -0.15) is 14.5 Å². The normalized spacial score (nSPS) is 10.9. The lowest BCUT2D eigenvalue weighted by molar-refractivity contribution is 0.112. The number of aldehydes is 1. The number of tetrazole rings is 1. The van der Waals surface area contributed by atoms with E-state index in [2.05, 4.69) is 15.5 Å². The third kappa shape index (κ3) is 3.66. The molecule has 4 rings (SSSR count). The first kappa shape index (κ1) is 21.0. The summed E-state index contributed by atoms with van der Waals surface area (Å²) in [4.78, 5) is 23.8. The van der Waals surface area contributed by atoms with E-state index in [9.17, 15) is 9.59 Å². The van der Waals surface area contributed by atoms with Crippen molar-refractivity contribution in [3.8, 4) is 28.6 Å². The van der Waals surface area contributed by atoms with Gasteiger partial charge in [0, 0.05) is 25.2 Å². The first-order valence-corrected chi connectivity index (χ1v) is 9.82. The molecule has 164 valence electrons. The zero-order chi connectivity index (χ0) is 22.8. The maximum absolute atomic E-state index is 12.2. The van der Waals surface area contributed by atoms with E-state index in [4.69, 9.17) is 9.47 Å². The molecule has 4 aromatic rings. The zero-order valence-electron chi connectivity index (χ0n) is 18.1. The second-order valence-corrected chi connectivity index (χ2v) is 7.21. The highest BCUT2D eigenvalue weighted by Crippen LogP contribution is 2.31. The van der Waals surface area contributed by atoms with E-state index >= 15 is 0 Å². The zero-order valence-corrected chi connectivity index (χ0v) is 18.1. The summed E-state index contributed by atoms with van der Waals surface area (Å²) in [5.41, 5.74) is 3.65. The Morgan fingerprint density at radius 2 is 1.84 bits per heavy atom. The summed E-state index contributed by atoms with van der Waals surface area (Å²) in [5, 5.41) is 12.1. The lowest BCUT2D eigenvalue weighted by Gasteiger charge is -2.12. The maximum Gasteiger partial charge on any atom is 0.368 e. The molecule has 0 N–H and O–H groups in total. The van der Waals surface area contributed by atoms with Gasteiger partial charge in [0.15, 0.2) is 6.29 Å². The van der Waals surface area contributed by atoms with Crippen LogP contribution in [0.15, 0.2) is 47.3 Å². The molecule has 0 fully saturated rings. The molecule has 0 aliphatic carbocycles. The highest BCUT2D eigenvalue weighted by Gasteiger charge is 2.18. The van der Waals surface area contributed by atoms with Gasteiger partial charge in [-0.25, -0.2) is 9.48 Å². The van der Waals surface area contributed by atoms with Crippen LogP contribution in [0.1, 0.15) is 21.5 Å². The number of para-hydroxylation sites is 1. The van der Waals surface area contributed by atoms with Crippen molar-refractivity contribution < 1.29 is 14.3 Å². The van der Waals surface area contributed by atoms with E-state index in [1.54, 1.807) is 20.2 Å². The Balaban J connectivity index is 1.60. The molecule has 2 aromatic heterocycles. The van der Waals surface area contributed by atoms with Crippen molar-refractivity contribution in [3.63, 3.8) is 0 Å². The van der Waals surface area contributed by atoms with Crippen LogP contribution in [0.3, 0.4) is 0 Å². The Morgan fingerprint density at radius 3 is 2.50 bits per heavy atom. The molecule has 0 amide bonds. The van der Waals surface area contributed by atoms with Gasteiger partial charge < -0.3 is 9.47 Å². The summed E-state index contributed by atoms with van der Waals surface area (Å²) in [6.07, 6.45) is 0.742. The van der Waals surface area contributed by atoms with Crippen molar-refractivity contribution in [2.24, 2.45) is 14.1 Å². The molecule has 2 aromatic carbocycles. The van der Waals surface area contributed by atoms with E-state index in [1.807, 2.05) is 43.3 Å². The summed E-state index contributed by atoms with van der Waals surface area (Å²) in [6.45, 7) is 2.15. The predicted octanol–water partition coefficient (Wildman–Crippen LogP) is 2.08. The lowest BCUT2D eigenvalue weighted by Crippen LogP contribution is -2.23. The minimum absolute atomic E-state index is 0.233. The molecule has 2 heterocycles. The predicted molar refractivity (Wildman–Crippen MR) is 116 cm³/mol. The van der Waals surface area contributed by atoms with E-state index in [0.29, 0.717) is 28.6 Å². The summed E-state index contributed by atoms with van der Waals surface area (Å²) >= 11 is 0. The molecular formula is C22H22N6O4. The lowest BCUT2D eigenvalue weighted by atomic mass is 10.1. The van der Waals surface area contributed by atoms with E-state index in [1.165, 1.54) is 21.2 Å². The molecule has 10 heteroatoms. The fourth-order valence-electron chi connectivity index (χ4n) is 3.50. The largest absolute Gasteiger partial charge is 0.489 e. The van der Waals surface area contributed by atoms with Crippen LogP contribution in [0.25, 0.3) is 16.9 Å². The Labute approximate surface area is 183 Å². The number of nitrogens with zero attached hydrogens (tertiary/aromatic N) is 6. The third-order valence-corrected chi connectivity index (χ3v) is 5.11. The van der Waals surface area contributed by atoms with Crippen molar-refractivity contribution in [3.05, 3.63) is 69.6 Å². The highest BCUT2D eigenvalue weighted by molar-refractivity contribution is 5.89. The second-order valence-electron chi connectivity index (χ2n) is 7.21. The number of methoxy groups -OCH3 is 1. The quantitative estimate of drug-likeness (QED) is 0.410. The molecule has 0 radical (unpaired) electrons. The van der Waals surface area contributed by atoms with Gasteiger partial charge in [0.05, 0.1) is 12.8 Å². The van der Waals surface area contributed by atoms with Gasteiger partial charge in [0.2, 0.25) is 5.88 Å². The molecule has 0 unspecified atom stereocenters. The Hall–Kier alpha value is -4.21. The number of aryl methyl sites for hydroxylation is 3. The molecule has 0 atom stereocenters. The Bertz CT molecular complexity index is 1350. The fraction of sp³-hybridized carbons (Fsp3) is 0.227. The molecule has 10 nitrogen and oxygen atoms in total. The Kier molecular flexibility index (Phi) is 5.59. The molecule has 0 aliphatic rings. The summed E-state index contributed by atoms with van der Waals surface area (Å²) in [5.74, 6) is 1.08. The van der Waals surface area contributed by atoms with Gasteiger partial charge in [-0.3, -0.25) is 4.79 Å². The molecular weight excluding hydrogens is 412 g/mol. The van der Waals surface area contributed by atoms with Crippen molar-refractivity contribution >= 4 is 6.29 Å². The van der Waals surface area contributed by atoms with Gasteiger partial charge in [-0.1, -0.05) is 18.2 Å². The van der Waals surface area contributed by atoms with Crippen LogP contribution in [-0.2, 0) is 20.7 Å². The summed E-state index contributed by atoms with van der Waals surface area (Å²) in [7, 11) is 4.77. The highest BCUT2D eigenvalue weighted by atomic mass is 16.5. The van der Waals surface area contributed by atoms with Crippen LogP contribution in [0.4, 0.5) is 0 Å². The molecule has 0 spiro atoms. The number of benzene rings is 2. The van der Waals surface area contributed by atoms with E-state index in [-0.39, 0.29) is 12.3 Å². The van der Waals surface area contributed by atoms with Gasteiger partial charge >= 0.3 is 5.69 Å². The first-order valence-electron chi connectivity index (χ1n) is 9.82. The second kappa shape index (κ2) is 8.50. The van der Waals surface area contributed by atoms with Gasteiger partial charge in [-0.15, -0.1) is 0 Å². The van der Waals surface area contributed by atoms with Crippen molar-refractivity contribution in [2.45, 2.75) is 13.5 Å². The SMILES string of the molecule is COc1c(C=O)c(-c2ccc(OCc3ccccc3-n3nnn(C)c3=O)c(C)c2)nn1C. The van der Waals surface area contributed by atoms with Gasteiger partial charge in [0.1, 0.15) is 23.6 Å². The molecule has 0 saturated heterocycles. The van der Waals surface area contributed by atoms with Crippen LogP contribution in [-0.4, -0.2) is 43.0 Å². The van der Waals surface area contributed by atoms with Gasteiger partial charge in [0.25, 0.3) is 0 Å². The molecule has 32 heavy (non-hydrogen) atoms. The van der Waals surface area contributed by atoms with Crippen LogP contribution in [0, 0.1) is 6.92 Å².